The van der Waals surface area contributed by atoms with Crippen molar-refractivity contribution in [3.63, 3.8) is 0 Å². The Morgan fingerprint density at radius 3 is 2.56 bits per heavy atom. The van der Waals surface area contributed by atoms with Gasteiger partial charge in [0, 0.05) is 25.3 Å². The van der Waals surface area contributed by atoms with E-state index in [-0.39, 0.29) is 0 Å². The van der Waals surface area contributed by atoms with Gasteiger partial charge in [-0.15, -0.1) is 0 Å². The Morgan fingerprint density at radius 2 is 2.00 bits per heavy atom. The van der Waals surface area contributed by atoms with Crippen molar-refractivity contribution in [2.75, 3.05) is 0 Å². The van der Waals surface area contributed by atoms with Gasteiger partial charge in [0.15, 0.2) is 0 Å². The summed E-state index contributed by atoms with van der Waals surface area (Å²) in [6.45, 7) is 10.8. The molecule has 0 radical (unpaired) electrons. The summed E-state index contributed by atoms with van der Waals surface area (Å²) in [5.74, 6) is 0.748. The third kappa shape index (κ3) is 3.97. The SMILES string of the molecule is CCC(CC)Cn1nccc1CNC(C)C. The maximum atomic E-state index is 4.41. The quantitative estimate of drug-likeness (QED) is 0.770. The summed E-state index contributed by atoms with van der Waals surface area (Å²) in [7, 11) is 0. The molecule has 1 heterocycles. The highest BCUT2D eigenvalue weighted by molar-refractivity contribution is 5.00. The zero-order chi connectivity index (χ0) is 12.0. The average Bonchev–Trinajstić information content (AvgIpc) is 2.70. The first-order valence-corrected chi connectivity index (χ1v) is 6.41. The van der Waals surface area contributed by atoms with Crippen LogP contribution in [0.15, 0.2) is 12.3 Å². The molecule has 0 aromatic carbocycles. The summed E-state index contributed by atoms with van der Waals surface area (Å²) >= 11 is 0. The first kappa shape index (κ1) is 13.2. The lowest BCUT2D eigenvalue weighted by molar-refractivity contribution is 0.383. The van der Waals surface area contributed by atoms with Crippen molar-refractivity contribution in [1.82, 2.24) is 15.1 Å². The van der Waals surface area contributed by atoms with Crippen molar-refractivity contribution in [3.05, 3.63) is 18.0 Å². The molecule has 0 amide bonds. The van der Waals surface area contributed by atoms with Crippen LogP contribution in [0.5, 0.6) is 0 Å². The third-order valence-corrected chi connectivity index (χ3v) is 3.08. The van der Waals surface area contributed by atoms with Crippen LogP contribution >= 0.6 is 0 Å². The van der Waals surface area contributed by atoms with E-state index in [1.54, 1.807) is 0 Å². The van der Waals surface area contributed by atoms with E-state index < -0.39 is 0 Å². The summed E-state index contributed by atoms with van der Waals surface area (Å²) < 4.78 is 2.15. The largest absolute Gasteiger partial charge is 0.309 e. The molecule has 0 saturated carbocycles. The highest BCUT2D eigenvalue weighted by atomic mass is 15.3. The molecule has 0 spiro atoms. The standard InChI is InChI=1S/C13H25N3/c1-5-12(6-2)10-16-13(7-8-15-16)9-14-11(3)4/h7-8,11-12,14H,5-6,9-10H2,1-4H3. The molecule has 0 aliphatic heterocycles. The van der Waals surface area contributed by atoms with Crippen LogP contribution in [0.4, 0.5) is 0 Å². The second-order valence-electron chi connectivity index (χ2n) is 4.72. The maximum absolute atomic E-state index is 4.41. The van der Waals surface area contributed by atoms with Crippen molar-refractivity contribution >= 4 is 0 Å². The molecule has 1 aromatic heterocycles. The minimum absolute atomic E-state index is 0.525. The summed E-state index contributed by atoms with van der Waals surface area (Å²) in [5.41, 5.74) is 1.29. The zero-order valence-electron chi connectivity index (χ0n) is 11.0. The van der Waals surface area contributed by atoms with Gasteiger partial charge in [-0.3, -0.25) is 4.68 Å². The molecule has 0 aliphatic carbocycles. The fourth-order valence-corrected chi connectivity index (χ4v) is 1.77. The van der Waals surface area contributed by atoms with Crippen LogP contribution in [0.2, 0.25) is 0 Å². The minimum Gasteiger partial charge on any atom is -0.309 e. The molecule has 16 heavy (non-hydrogen) atoms. The Labute approximate surface area is 99.2 Å². The Bertz CT molecular complexity index is 287. The summed E-state index contributed by atoms with van der Waals surface area (Å²) in [5, 5.41) is 7.84. The van der Waals surface area contributed by atoms with E-state index in [2.05, 4.69) is 48.9 Å². The maximum Gasteiger partial charge on any atom is 0.0522 e. The number of hydrogen-bond acceptors (Lipinski definition) is 2. The normalized spacial score (nSPS) is 11.6. The van der Waals surface area contributed by atoms with Gasteiger partial charge in [-0.05, 0) is 12.0 Å². The van der Waals surface area contributed by atoms with Gasteiger partial charge in [-0.1, -0.05) is 40.5 Å². The van der Waals surface area contributed by atoms with E-state index in [4.69, 9.17) is 0 Å². The predicted molar refractivity (Wildman–Crippen MR) is 68.3 cm³/mol. The molecule has 0 fully saturated rings. The van der Waals surface area contributed by atoms with Crippen LogP contribution in [-0.2, 0) is 13.1 Å². The second-order valence-corrected chi connectivity index (χ2v) is 4.72. The Hall–Kier alpha value is -0.830. The number of aromatic nitrogens is 2. The molecule has 0 atom stereocenters. The molecule has 3 nitrogen and oxygen atoms in total. The van der Waals surface area contributed by atoms with Gasteiger partial charge < -0.3 is 5.32 Å². The molecule has 0 bridgehead atoms. The van der Waals surface area contributed by atoms with E-state index in [0.29, 0.717) is 6.04 Å². The van der Waals surface area contributed by atoms with E-state index >= 15 is 0 Å². The molecule has 0 aliphatic rings. The molecule has 0 saturated heterocycles. The van der Waals surface area contributed by atoms with Gasteiger partial charge in [0.25, 0.3) is 0 Å². The van der Waals surface area contributed by atoms with Gasteiger partial charge in [-0.2, -0.15) is 5.10 Å². The second kappa shape index (κ2) is 6.69. The predicted octanol–water partition coefficient (Wildman–Crippen LogP) is 2.82. The van der Waals surface area contributed by atoms with Crippen molar-refractivity contribution < 1.29 is 0 Å². The molecule has 0 unspecified atom stereocenters. The van der Waals surface area contributed by atoms with E-state index in [1.807, 2.05) is 6.20 Å². The molecular weight excluding hydrogens is 198 g/mol. The van der Waals surface area contributed by atoms with Crippen LogP contribution in [-0.4, -0.2) is 15.8 Å². The first-order chi connectivity index (χ1) is 7.67. The first-order valence-electron chi connectivity index (χ1n) is 6.41. The van der Waals surface area contributed by atoms with E-state index in [1.165, 1.54) is 18.5 Å². The average molecular weight is 223 g/mol. The summed E-state index contributed by atoms with van der Waals surface area (Å²) in [4.78, 5) is 0. The monoisotopic (exact) mass is 223 g/mol. The molecule has 1 aromatic rings. The number of nitrogens with zero attached hydrogens (tertiary/aromatic N) is 2. The zero-order valence-corrected chi connectivity index (χ0v) is 11.0. The lowest BCUT2D eigenvalue weighted by atomic mass is 10.0. The molecule has 1 N–H and O–H groups in total. The molecule has 1 rings (SSSR count). The topological polar surface area (TPSA) is 29.9 Å². The number of hydrogen-bond donors (Lipinski definition) is 1. The summed E-state index contributed by atoms with van der Waals surface area (Å²) in [6.07, 6.45) is 4.36. The third-order valence-electron chi connectivity index (χ3n) is 3.08. The number of rotatable bonds is 7. The van der Waals surface area contributed by atoms with Crippen LogP contribution < -0.4 is 5.32 Å². The Kier molecular flexibility index (Phi) is 5.53. The fraction of sp³-hybridized carbons (Fsp3) is 0.769. The van der Waals surface area contributed by atoms with Crippen molar-refractivity contribution in [3.8, 4) is 0 Å². The molecule has 92 valence electrons. The Morgan fingerprint density at radius 1 is 1.31 bits per heavy atom. The van der Waals surface area contributed by atoms with E-state index in [0.717, 1.165) is 19.0 Å². The van der Waals surface area contributed by atoms with Crippen LogP contribution in [0.1, 0.15) is 46.2 Å². The molecule has 3 heteroatoms. The highest BCUT2D eigenvalue weighted by Crippen LogP contribution is 2.12. The van der Waals surface area contributed by atoms with Gasteiger partial charge in [0.1, 0.15) is 0 Å². The van der Waals surface area contributed by atoms with Crippen LogP contribution in [0.25, 0.3) is 0 Å². The highest BCUT2D eigenvalue weighted by Gasteiger charge is 2.08. The van der Waals surface area contributed by atoms with Gasteiger partial charge >= 0.3 is 0 Å². The Balaban J connectivity index is 2.55. The lowest BCUT2D eigenvalue weighted by Gasteiger charge is -2.15. The van der Waals surface area contributed by atoms with E-state index in [9.17, 15) is 0 Å². The number of nitrogens with one attached hydrogen (secondary N) is 1. The van der Waals surface area contributed by atoms with Gasteiger partial charge in [-0.25, -0.2) is 0 Å². The van der Waals surface area contributed by atoms with Crippen molar-refractivity contribution in [2.24, 2.45) is 5.92 Å². The minimum atomic E-state index is 0.525. The van der Waals surface area contributed by atoms with Crippen molar-refractivity contribution in [1.29, 1.82) is 0 Å². The summed E-state index contributed by atoms with van der Waals surface area (Å²) in [6, 6.07) is 2.63. The van der Waals surface area contributed by atoms with Crippen molar-refractivity contribution in [2.45, 2.75) is 59.7 Å². The van der Waals surface area contributed by atoms with Gasteiger partial charge in [0.2, 0.25) is 0 Å². The van der Waals surface area contributed by atoms with Crippen LogP contribution in [0.3, 0.4) is 0 Å². The molecular formula is C13H25N3. The fourth-order valence-electron chi connectivity index (χ4n) is 1.77. The smallest absolute Gasteiger partial charge is 0.0522 e. The van der Waals surface area contributed by atoms with Crippen LogP contribution in [0, 0.1) is 5.92 Å². The van der Waals surface area contributed by atoms with Gasteiger partial charge in [0.05, 0.1) is 5.69 Å². The lowest BCUT2D eigenvalue weighted by Crippen LogP contribution is -2.24.